The fourth-order valence-electron chi connectivity index (χ4n) is 5.30. The van der Waals surface area contributed by atoms with Gasteiger partial charge in [0.1, 0.15) is 5.82 Å². The highest BCUT2D eigenvalue weighted by atomic mass is 19.1. The van der Waals surface area contributed by atoms with Crippen LogP contribution < -0.4 is 0 Å². The fraction of sp³-hybridized carbons (Fsp3) is 0.353. The first-order chi connectivity index (χ1) is 17.2. The number of hydrogen-bond acceptors (Lipinski definition) is 0. The molecule has 0 atom stereocenters. The van der Waals surface area contributed by atoms with Crippen molar-refractivity contribution in [3.05, 3.63) is 108 Å². The monoisotopic (exact) mass is 464 g/mol. The quantitative estimate of drug-likeness (QED) is 0.219. The Morgan fingerprint density at radius 2 is 1.40 bits per heavy atom. The second-order valence-corrected chi connectivity index (χ2v) is 10.0. The van der Waals surface area contributed by atoms with Crippen LogP contribution in [-0.4, -0.2) is 0 Å². The molecule has 0 radical (unpaired) electrons. The molecule has 1 saturated carbocycles. The van der Waals surface area contributed by atoms with Crippen LogP contribution in [-0.2, 0) is 12.8 Å². The van der Waals surface area contributed by atoms with E-state index in [-0.39, 0.29) is 5.82 Å². The Labute approximate surface area is 211 Å². The molecule has 0 heterocycles. The lowest BCUT2D eigenvalue weighted by molar-refractivity contribution is 0.254. The number of rotatable bonds is 9. The average molecular weight is 465 g/mol. The van der Waals surface area contributed by atoms with Gasteiger partial charge in [-0.3, -0.25) is 0 Å². The van der Waals surface area contributed by atoms with Crippen molar-refractivity contribution in [2.45, 2.75) is 64.2 Å². The zero-order valence-corrected chi connectivity index (χ0v) is 20.9. The summed E-state index contributed by atoms with van der Waals surface area (Å²) in [5, 5.41) is 1.62. The molecule has 1 aliphatic carbocycles. The largest absolute Gasteiger partial charge is 0.206 e. The van der Waals surface area contributed by atoms with E-state index in [1.807, 2.05) is 36.4 Å². The van der Waals surface area contributed by atoms with Crippen LogP contribution in [0.3, 0.4) is 0 Å². The summed E-state index contributed by atoms with van der Waals surface area (Å²) < 4.78 is 15.3. The highest BCUT2D eigenvalue weighted by Gasteiger charge is 2.21. The third-order valence-corrected chi connectivity index (χ3v) is 7.54. The molecule has 0 spiro atoms. The molecule has 4 rings (SSSR count). The molecule has 0 N–H and O–H groups in total. The summed E-state index contributed by atoms with van der Waals surface area (Å²) >= 11 is 0. The lowest BCUT2D eigenvalue weighted by atomic mass is 9.78. The van der Waals surface area contributed by atoms with E-state index < -0.39 is 0 Å². The van der Waals surface area contributed by atoms with Gasteiger partial charge < -0.3 is 0 Å². The molecule has 1 heteroatoms. The summed E-state index contributed by atoms with van der Waals surface area (Å²) in [7, 11) is 0. The van der Waals surface area contributed by atoms with Crippen molar-refractivity contribution >= 4 is 10.8 Å². The summed E-state index contributed by atoms with van der Waals surface area (Å²) in [6.07, 6.45) is 15.5. The second kappa shape index (κ2) is 12.6. The summed E-state index contributed by atoms with van der Waals surface area (Å²) in [5.74, 6) is 8.02. The highest BCUT2D eigenvalue weighted by Crippen LogP contribution is 2.34. The van der Waals surface area contributed by atoms with Crippen LogP contribution in [0, 0.1) is 29.5 Å². The minimum absolute atomic E-state index is 0.0585. The maximum Gasteiger partial charge on any atom is 0.134 e. The minimum Gasteiger partial charge on any atom is -0.206 e. The van der Waals surface area contributed by atoms with Crippen LogP contribution in [0.5, 0.6) is 0 Å². The summed E-state index contributed by atoms with van der Waals surface area (Å²) in [6.45, 7) is 7.62. The van der Waals surface area contributed by atoms with E-state index in [4.69, 9.17) is 0 Å². The molecule has 1 fully saturated rings. The molecule has 180 valence electrons. The first-order valence-electron chi connectivity index (χ1n) is 13.2. The molecule has 35 heavy (non-hydrogen) atoms. The van der Waals surface area contributed by atoms with Crippen molar-refractivity contribution in [1.29, 1.82) is 0 Å². The zero-order chi connectivity index (χ0) is 24.5. The number of benzene rings is 3. The van der Waals surface area contributed by atoms with Crippen molar-refractivity contribution < 1.29 is 4.39 Å². The second-order valence-electron chi connectivity index (χ2n) is 10.0. The number of halogens is 1. The maximum absolute atomic E-state index is 15.3. The molecular weight excluding hydrogens is 427 g/mol. The number of fused-ring (bicyclic) bond motifs is 1. The van der Waals surface area contributed by atoms with Gasteiger partial charge in [0.2, 0.25) is 0 Å². The molecule has 0 saturated heterocycles. The maximum atomic E-state index is 15.3. The van der Waals surface area contributed by atoms with Gasteiger partial charge in [0.15, 0.2) is 0 Å². The van der Waals surface area contributed by atoms with Gasteiger partial charge in [-0.1, -0.05) is 80.0 Å². The molecule has 0 nitrogen and oxygen atoms in total. The van der Waals surface area contributed by atoms with Gasteiger partial charge in [-0.2, -0.15) is 0 Å². The first kappa shape index (κ1) is 25.0. The summed E-state index contributed by atoms with van der Waals surface area (Å²) in [5.41, 5.74) is 4.04. The summed E-state index contributed by atoms with van der Waals surface area (Å²) in [4.78, 5) is 0. The van der Waals surface area contributed by atoms with Crippen LogP contribution in [0.4, 0.5) is 4.39 Å². The fourth-order valence-corrected chi connectivity index (χ4v) is 5.30. The van der Waals surface area contributed by atoms with Crippen LogP contribution in [0.25, 0.3) is 10.8 Å². The van der Waals surface area contributed by atoms with Crippen molar-refractivity contribution in [2.24, 2.45) is 11.8 Å². The average Bonchev–Trinajstić information content (AvgIpc) is 2.90. The minimum atomic E-state index is -0.0585. The van der Waals surface area contributed by atoms with E-state index in [1.54, 1.807) is 0 Å². The Morgan fingerprint density at radius 3 is 2.11 bits per heavy atom. The molecule has 0 amide bonds. The van der Waals surface area contributed by atoms with E-state index in [9.17, 15) is 0 Å². The third-order valence-electron chi connectivity index (χ3n) is 7.54. The highest BCUT2D eigenvalue weighted by molar-refractivity contribution is 5.85. The molecule has 3 aromatic rings. The van der Waals surface area contributed by atoms with Crippen LogP contribution >= 0.6 is 0 Å². The Kier molecular flexibility index (Phi) is 8.96. The smallest absolute Gasteiger partial charge is 0.134 e. The van der Waals surface area contributed by atoms with Crippen LogP contribution in [0.1, 0.15) is 73.6 Å². The number of aryl methyl sites for hydroxylation is 2. The van der Waals surface area contributed by atoms with Gasteiger partial charge in [0, 0.05) is 16.5 Å². The molecular formula is C34H37F. The standard InChI is InChI=1S/C34H37F/c1-3-5-7-26-9-13-28(14-10-26)17-18-30-20-24-33-32(25-30)23-22-31(34(33)35)21-19-29-15-11-27(12-16-29)8-6-4-2/h3-4,9-10,13-14,20,22-25,27,29H,1-2,5-8,11-12,15-16,19,21H2. The van der Waals surface area contributed by atoms with Crippen molar-refractivity contribution in [3.8, 4) is 11.8 Å². The first-order valence-corrected chi connectivity index (χ1v) is 13.2. The van der Waals surface area contributed by atoms with Gasteiger partial charge >= 0.3 is 0 Å². The molecule has 1 aliphatic rings. The Bertz CT molecular complexity index is 1200. The van der Waals surface area contributed by atoms with Crippen molar-refractivity contribution in [3.63, 3.8) is 0 Å². The lowest BCUT2D eigenvalue weighted by Crippen LogP contribution is -2.15. The zero-order valence-electron chi connectivity index (χ0n) is 20.9. The Morgan fingerprint density at radius 1 is 0.743 bits per heavy atom. The van der Waals surface area contributed by atoms with Gasteiger partial charge in [0.25, 0.3) is 0 Å². The van der Waals surface area contributed by atoms with E-state index in [0.717, 1.165) is 66.0 Å². The van der Waals surface area contributed by atoms with Crippen molar-refractivity contribution in [1.82, 2.24) is 0 Å². The van der Waals surface area contributed by atoms with E-state index in [1.165, 1.54) is 37.7 Å². The molecule has 0 unspecified atom stereocenters. The lowest BCUT2D eigenvalue weighted by Gasteiger charge is -2.28. The third kappa shape index (κ3) is 6.95. The predicted molar refractivity (Wildman–Crippen MR) is 148 cm³/mol. The van der Waals surface area contributed by atoms with E-state index in [0.29, 0.717) is 5.39 Å². The van der Waals surface area contributed by atoms with Gasteiger partial charge in [-0.25, -0.2) is 4.39 Å². The molecule has 3 aromatic carbocycles. The normalized spacial score (nSPS) is 17.5. The number of hydrogen-bond donors (Lipinski definition) is 0. The predicted octanol–water partition coefficient (Wildman–Crippen LogP) is 9.20. The SMILES string of the molecule is C=CCCc1ccc(C#Cc2ccc3c(F)c(CCC4CCC(CCC=C)CC4)ccc3c2)cc1. The van der Waals surface area contributed by atoms with E-state index in [2.05, 4.69) is 55.3 Å². The topological polar surface area (TPSA) is 0 Å². The van der Waals surface area contributed by atoms with Crippen molar-refractivity contribution in [2.75, 3.05) is 0 Å². The molecule has 0 aromatic heterocycles. The number of allylic oxidation sites excluding steroid dienone is 2. The Balaban J connectivity index is 1.37. The van der Waals surface area contributed by atoms with Crippen LogP contribution in [0.2, 0.25) is 0 Å². The Hall–Kier alpha value is -3.11. The molecule has 0 bridgehead atoms. The van der Waals surface area contributed by atoms with Gasteiger partial charge in [-0.05, 0) is 91.1 Å². The van der Waals surface area contributed by atoms with Crippen LogP contribution in [0.15, 0.2) is 79.9 Å². The van der Waals surface area contributed by atoms with Gasteiger partial charge in [0.05, 0.1) is 0 Å². The molecule has 0 aliphatic heterocycles. The summed E-state index contributed by atoms with van der Waals surface area (Å²) in [6, 6.07) is 18.2. The van der Waals surface area contributed by atoms with Gasteiger partial charge in [-0.15, -0.1) is 13.2 Å². The van der Waals surface area contributed by atoms with E-state index >= 15 is 4.39 Å².